The third kappa shape index (κ3) is 3.87. The summed E-state index contributed by atoms with van der Waals surface area (Å²) in [6.07, 6.45) is 1.91. The average molecular weight is 458 g/mol. The summed E-state index contributed by atoms with van der Waals surface area (Å²) in [5.74, 6) is 0.0853. The summed E-state index contributed by atoms with van der Waals surface area (Å²) in [6.45, 7) is 1.45. The number of nitrogens with zero attached hydrogens (tertiary/aromatic N) is 3. The molecule has 34 heavy (non-hydrogen) atoms. The van der Waals surface area contributed by atoms with E-state index in [4.69, 9.17) is 4.74 Å². The lowest BCUT2D eigenvalue weighted by atomic mass is 9.99. The van der Waals surface area contributed by atoms with E-state index in [0.717, 1.165) is 22.2 Å². The van der Waals surface area contributed by atoms with Crippen LogP contribution < -0.4 is 15.0 Å². The number of hydrogen-bond acceptors (Lipinski definition) is 4. The molecule has 0 bridgehead atoms. The zero-order chi connectivity index (χ0) is 23.8. The molecule has 1 saturated heterocycles. The summed E-state index contributed by atoms with van der Waals surface area (Å²) in [4.78, 5) is 26.8. The normalized spacial score (nSPS) is 17.9. The van der Waals surface area contributed by atoms with Crippen LogP contribution in [0.25, 0.3) is 16.6 Å². The predicted molar refractivity (Wildman–Crippen MR) is 126 cm³/mol. The molecule has 2 atom stereocenters. The fourth-order valence-corrected chi connectivity index (χ4v) is 4.59. The number of carbonyl (C=O) groups excluding carboxylic acids is 2. The first-order valence-corrected chi connectivity index (χ1v) is 10.9. The van der Waals surface area contributed by atoms with Crippen molar-refractivity contribution in [3.63, 3.8) is 0 Å². The van der Waals surface area contributed by atoms with Gasteiger partial charge in [-0.15, -0.1) is 0 Å². The Hall–Kier alpha value is -4.20. The maximum Gasteiger partial charge on any atom is 0.229 e. The zero-order valence-corrected chi connectivity index (χ0v) is 18.7. The minimum absolute atomic E-state index is 0.0863. The van der Waals surface area contributed by atoms with Crippen molar-refractivity contribution in [3.05, 3.63) is 84.3 Å². The third-order valence-corrected chi connectivity index (χ3v) is 6.05. The summed E-state index contributed by atoms with van der Waals surface area (Å²) >= 11 is 0. The average Bonchev–Trinajstić information content (AvgIpc) is 3.39. The molecule has 1 aromatic heterocycles. The molecule has 8 heteroatoms. The van der Waals surface area contributed by atoms with Gasteiger partial charge in [0.1, 0.15) is 11.6 Å². The van der Waals surface area contributed by atoms with Crippen LogP contribution in [0.5, 0.6) is 5.75 Å². The summed E-state index contributed by atoms with van der Waals surface area (Å²) < 4.78 is 20.4. The van der Waals surface area contributed by atoms with Gasteiger partial charge in [0.25, 0.3) is 0 Å². The number of ether oxygens (including phenoxy) is 1. The Kier molecular flexibility index (Phi) is 5.49. The second kappa shape index (κ2) is 8.62. The molecule has 5 rings (SSSR count). The van der Waals surface area contributed by atoms with Crippen LogP contribution in [0.3, 0.4) is 0 Å². The third-order valence-electron chi connectivity index (χ3n) is 6.05. The molecule has 2 heterocycles. The molecule has 1 aliphatic heterocycles. The Balaban J connectivity index is 1.57. The van der Waals surface area contributed by atoms with Crippen molar-refractivity contribution < 1.29 is 18.7 Å². The van der Waals surface area contributed by atoms with Crippen LogP contribution >= 0.6 is 0 Å². The number of halogens is 1. The van der Waals surface area contributed by atoms with Gasteiger partial charge in [0.15, 0.2) is 0 Å². The number of amides is 2. The molecule has 3 aromatic carbocycles. The minimum atomic E-state index is -0.393. The van der Waals surface area contributed by atoms with Gasteiger partial charge in [-0.25, -0.2) is 9.07 Å². The Bertz CT molecular complexity index is 1380. The topological polar surface area (TPSA) is 76.5 Å². The van der Waals surface area contributed by atoms with Crippen LogP contribution in [-0.2, 0) is 9.59 Å². The van der Waals surface area contributed by atoms with E-state index in [1.165, 1.54) is 19.1 Å². The summed E-state index contributed by atoms with van der Waals surface area (Å²) in [5.41, 5.74) is 3.14. The van der Waals surface area contributed by atoms with Gasteiger partial charge < -0.3 is 15.0 Å². The molecule has 172 valence electrons. The second-order valence-electron chi connectivity index (χ2n) is 8.27. The summed E-state index contributed by atoms with van der Waals surface area (Å²) in [5, 5.41) is 8.22. The molecule has 7 nitrogen and oxygen atoms in total. The van der Waals surface area contributed by atoms with Crippen molar-refractivity contribution in [1.29, 1.82) is 0 Å². The quantitative estimate of drug-likeness (QED) is 0.487. The standard InChI is InChI=1S/C26H23FN4O3/c1-16(32)29-23-14-25(33)30(26(23)17-4-3-5-22(13-17)34-2)21-10-11-24-18(12-21)15-28-31(24)20-8-6-19(27)7-9-20/h3-13,15,23,26H,14H2,1-2H3,(H,29,32)/t23-,26+/m1/s1. The molecule has 0 aliphatic carbocycles. The first-order valence-electron chi connectivity index (χ1n) is 10.9. The number of anilines is 1. The Morgan fingerprint density at radius 1 is 1.09 bits per heavy atom. The van der Waals surface area contributed by atoms with Crippen molar-refractivity contribution in [2.45, 2.75) is 25.4 Å². The number of rotatable bonds is 5. The van der Waals surface area contributed by atoms with E-state index in [0.29, 0.717) is 11.4 Å². The number of fused-ring (bicyclic) bond motifs is 1. The van der Waals surface area contributed by atoms with Gasteiger partial charge in [0.2, 0.25) is 11.8 Å². The lowest BCUT2D eigenvalue weighted by molar-refractivity contribution is -0.119. The van der Waals surface area contributed by atoms with Crippen LogP contribution in [0.4, 0.5) is 10.1 Å². The van der Waals surface area contributed by atoms with Crippen LogP contribution in [-0.4, -0.2) is 34.7 Å². The first-order chi connectivity index (χ1) is 16.4. The Labute approximate surface area is 195 Å². The molecular formula is C26H23FN4O3. The molecule has 1 fully saturated rings. The second-order valence-corrected chi connectivity index (χ2v) is 8.27. The molecule has 0 saturated carbocycles. The van der Waals surface area contributed by atoms with Gasteiger partial charge in [-0.3, -0.25) is 9.59 Å². The van der Waals surface area contributed by atoms with Crippen molar-refractivity contribution in [2.24, 2.45) is 0 Å². The number of carbonyl (C=O) groups is 2. The zero-order valence-electron chi connectivity index (χ0n) is 18.7. The van der Waals surface area contributed by atoms with E-state index in [1.54, 1.807) is 35.0 Å². The summed E-state index contributed by atoms with van der Waals surface area (Å²) in [7, 11) is 1.59. The number of aromatic nitrogens is 2. The van der Waals surface area contributed by atoms with Crippen LogP contribution in [0, 0.1) is 5.82 Å². The summed E-state index contributed by atoms with van der Waals surface area (Å²) in [6, 6.07) is 18.5. The van der Waals surface area contributed by atoms with Gasteiger partial charge >= 0.3 is 0 Å². The van der Waals surface area contributed by atoms with E-state index in [9.17, 15) is 14.0 Å². The SMILES string of the molecule is COc1cccc([C@H]2[C@H](NC(C)=O)CC(=O)N2c2ccc3c(cnn3-c3ccc(F)cc3)c2)c1. The van der Waals surface area contributed by atoms with Gasteiger partial charge in [-0.1, -0.05) is 12.1 Å². The van der Waals surface area contributed by atoms with Crippen molar-refractivity contribution >= 4 is 28.4 Å². The Morgan fingerprint density at radius 2 is 1.85 bits per heavy atom. The predicted octanol–water partition coefficient (Wildman–Crippen LogP) is 4.16. The lowest BCUT2D eigenvalue weighted by Gasteiger charge is -2.29. The van der Waals surface area contributed by atoms with Crippen LogP contribution in [0.15, 0.2) is 72.9 Å². The number of hydrogen-bond donors (Lipinski definition) is 1. The minimum Gasteiger partial charge on any atom is -0.497 e. The van der Waals surface area contributed by atoms with E-state index < -0.39 is 6.04 Å². The highest BCUT2D eigenvalue weighted by molar-refractivity contribution is 6.00. The molecule has 0 spiro atoms. The van der Waals surface area contributed by atoms with E-state index in [2.05, 4.69) is 10.4 Å². The fourth-order valence-electron chi connectivity index (χ4n) is 4.59. The molecule has 1 N–H and O–H groups in total. The largest absolute Gasteiger partial charge is 0.497 e. The number of benzene rings is 3. The van der Waals surface area contributed by atoms with Gasteiger partial charge in [0.05, 0.1) is 36.6 Å². The van der Waals surface area contributed by atoms with Gasteiger partial charge in [0, 0.05) is 24.4 Å². The maximum atomic E-state index is 13.3. The number of methoxy groups -OCH3 is 1. The van der Waals surface area contributed by atoms with Crippen LogP contribution in [0.2, 0.25) is 0 Å². The molecular weight excluding hydrogens is 435 g/mol. The lowest BCUT2D eigenvalue weighted by Crippen LogP contribution is -2.38. The monoisotopic (exact) mass is 458 g/mol. The molecule has 1 aliphatic rings. The van der Waals surface area contributed by atoms with Crippen molar-refractivity contribution in [2.75, 3.05) is 12.0 Å². The van der Waals surface area contributed by atoms with Crippen LogP contribution in [0.1, 0.15) is 24.9 Å². The number of nitrogens with one attached hydrogen (secondary N) is 1. The van der Waals surface area contributed by atoms with Gasteiger partial charge in [-0.05, 0) is 60.2 Å². The molecule has 4 aromatic rings. The highest BCUT2D eigenvalue weighted by Crippen LogP contribution is 2.39. The van der Waals surface area contributed by atoms with E-state index in [-0.39, 0.29) is 30.1 Å². The van der Waals surface area contributed by atoms with E-state index in [1.807, 2.05) is 42.5 Å². The van der Waals surface area contributed by atoms with Gasteiger partial charge in [-0.2, -0.15) is 5.10 Å². The van der Waals surface area contributed by atoms with Crippen molar-refractivity contribution in [1.82, 2.24) is 15.1 Å². The Morgan fingerprint density at radius 3 is 2.59 bits per heavy atom. The van der Waals surface area contributed by atoms with E-state index >= 15 is 0 Å². The smallest absolute Gasteiger partial charge is 0.229 e. The fraction of sp³-hybridized carbons (Fsp3) is 0.192. The maximum absolute atomic E-state index is 13.3. The molecule has 2 amide bonds. The molecule has 0 unspecified atom stereocenters. The first kappa shape index (κ1) is 21.6. The van der Waals surface area contributed by atoms with Crippen molar-refractivity contribution in [3.8, 4) is 11.4 Å². The molecule has 0 radical (unpaired) electrons. The highest BCUT2D eigenvalue weighted by atomic mass is 19.1. The highest BCUT2D eigenvalue weighted by Gasteiger charge is 2.42.